The predicted molar refractivity (Wildman–Crippen MR) is 56.1 cm³/mol. The van der Waals surface area contributed by atoms with E-state index < -0.39 is 0 Å². The third-order valence-electron chi connectivity index (χ3n) is 2.24. The minimum Gasteiger partial charge on any atom is -0.491 e. The van der Waals surface area contributed by atoms with Crippen LogP contribution in [0.25, 0.3) is 11.0 Å². The van der Waals surface area contributed by atoms with Crippen LogP contribution < -0.4 is 10.4 Å². The first-order valence-electron chi connectivity index (χ1n) is 4.65. The van der Waals surface area contributed by atoms with E-state index in [0.717, 1.165) is 11.0 Å². The van der Waals surface area contributed by atoms with Gasteiger partial charge in [0.15, 0.2) is 0 Å². The second-order valence-corrected chi connectivity index (χ2v) is 3.24. The van der Waals surface area contributed by atoms with Crippen molar-refractivity contribution in [2.75, 3.05) is 13.2 Å². The second-order valence-electron chi connectivity index (χ2n) is 3.24. The first kappa shape index (κ1) is 9.79. The number of rotatable bonds is 3. The summed E-state index contributed by atoms with van der Waals surface area (Å²) in [6.45, 7) is 0.230. The van der Waals surface area contributed by atoms with Crippen LogP contribution >= 0.6 is 0 Å². The lowest BCUT2D eigenvalue weighted by Crippen LogP contribution is -2.11. The molecular weight excluding hydrogens is 196 g/mol. The molecule has 0 fully saturated rings. The number of aliphatic hydroxyl groups excluding tert-OH is 1. The molecule has 80 valence electrons. The number of nitrogens with zero attached hydrogens (tertiary/aromatic N) is 1. The molecule has 5 heteroatoms. The number of fused-ring (bicyclic) bond motifs is 1. The summed E-state index contributed by atoms with van der Waals surface area (Å²) in [5, 5.41) is 8.61. The third kappa shape index (κ3) is 1.73. The summed E-state index contributed by atoms with van der Waals surface area (Å²) in [6, 6.07) is 5.31. The number of aliphatic hydroxyl groups is 1. The van der Waals surface area contributed by atoms with E-state index in [0.29, 0.717) is 5.75 Å². The summed E-state index contributed by atoms with van der Waals surface area (Å²) in [5.74, 6) is 0.645. The zero-order valence-corrected chi connectivity index (χ0v) is 8.36. The second kappa shape index (κ2) is 3.78. The average molecular weight is 208 g/mol. The van der Waals surface area contributed by atoms with E-state index in [1.54, 1.807) is 25.2 Å². The highest BCUT2D eigenvalue weighted by molar-refractivity contribution is 5.76. The van der Waals surface area contributed by atoms with Crippen LogP contribution in [0.1, 0.15) is 0 Å². The number of aryl methyl sites for hydroxylation is 1. The van der Waals surface area contributed by atoms with Gasteiger partial charge in [0.1, 0.15) is 12.4 Å². The van der Waals surface area contributed by atoms with Gasteiger partial charge in [-0.05, 0) is 12.1 Å². The molecule has 0 radical (unpaired) electrons. The average Bonchev–Trinajstić information content (AvgIpc) is 2.52. The zero-order chi connectivity index (χ0) is 10.8. The number of hydrogen-bond donors (Lipinski definition) is 2. The van der Waals surface area contributed by atoms with Gasteiger partial charge >= 0.3 is 5.69 Å². The summed E-state index contributed by atoms with van der Waals surface area (Å²) in [6.07, 6.45) is 0. The number of aromatic amines is 1. The van der Waals surface area contributed by atoms with Crippen LogP contribution in [0.15, 0.2) is 23.0 Å². The van der Waals surface area contributed by atoms with E-state index in [-0.39, 0.29) is 18.9 Å². The summed E-state index contributed by atoms with van der Waals surface area (Å²) >= 11 is 0. The van der Waals surface area contributed by atoms with Gasteiger partial charge in [-0.1, -0.05) is 0 Å². The van der Waals surface area contributed by atoms with Crippen molar-refractivity contribution in [3.8, 4) is 5.75 Å². The smallest absolute Gasteiger partial charge is 0.326 e. The van der Waals surface area contributed by atoms with E-state index >= 15 is 0 Å². The van der Waals surface area contributed by atoms with Crippen molar-refractivity contribution in [3.05, 3.63) is 28.7 Å². The summed E-state index contributed by atoms with van der Waals surface area (Å²) in [4.78, 5) is 14.0. The molecule has 0 unspecified atom stereocenters. The zero-order valence-electron chi connectivity index (χ0n) is 8.36. The molecule has 1 aromatic carbocycles. The fourth-order valence-corrected chi connectivity index (χ4v) is 1.46. The summed E-state index contributed by atoms with van der Waals surface area (Å²) in [7, 11) is 1.69. The Hall–Kier alpha value is -1.75. The molecule has 1 aromatic heterocycles. The maximum Gasteiger partial charge on any atom is 0.326 e. The molecule has 0 saturated carbocycles. The fraction of sp³-hybridized carbons (Fsp3) is 0.300. The Morgan fingerprint density at radius 2 is 2.33 bits per heavy atom. The van der Waals surface area contributed by atoms with Gasteiger partial charge in [0.2, 0.25) is 0 Å². The summed E-state index contributed by atoms with van der Waals surface area (Å²) < 4.78 is 6.76. The quantitative estimate of drug-likeness (QED) is 0.759. The number of hydrogen-bond acceptors (Lipinski definition) is 3. The van der Waals surface area contributed by atoms with Gasteiger partial charge in [0.05, 0.1) is 17.6 Å². The fourth-order valence-electron chi connectivity index (χ4n) is 1.46. The van der Waals surface area contributed by atoms with E-state index in [1.807, 2.05) is 0 Å². The molecule has 0 aliphatic carbocycles. The van der Waals surface area contributed by atoms with Gasteiger partial charge in [-0.15, -0.1) is 0 Å². The highest BCUT2D eigenvalue weighted by Crippen LogP contribution is 2.17. The minimum atomic E-state index is -0.149. The molecule has 2 aromatic rings. The third-order valence-corrected chi connectivity index (χ3v) is 2.24. The monoisotopic (exact) mass is 208 g/mol. The van der Waals surface area contributed by atoms with Gasteiger partial charge in [-0.25, -0.2) is 4.79 Å². The molecule has 0 spiro atoms. The van der Waals surface area contributed by atoms with Crippen molar-refractivity contribution >= 4 is 11.0 Å². The van der Waals surface area contributed by atoms with Gasteiger partial charge in [-0.2, -0.15) is 0 Å². The molecule has 0 atom stereocenters. The van der Waals surface area contributed by atoms with Crippen molar-refractivity contribution in [1.82, 2.24) is 9.55 Å². The lowest BCUT2D eigenvalue weighted by molar-refractivity contribution is 0.201. The SMILES string of the molecule is Cn1c(=O)[nH]c2ccc(OCCO)cc21. The maximum absolute atomic E-state index is 11.3. The molecule has 0 amide bonds. The molecule has 0 aliphatic rings. The lowest BCUT2D eigenvalue weighted by Gasteiger charge is -2.03. The Kier molecular flexibility index (Phi) is 2.47. The van der Waals surface area contributed by atoms with Crippen molar-refractivity contribution < 1.29 is 9.84 Å². The van der Waals surface area contributed by atoms with E-state index in [2.05, 4.69) is 4.98 Å². The highest BCUT2D eigenvalue weighted by atomic mass is 16.5. The first-order chi connectivity index (χ1) is 7.22. The van der Waals surface area contributed by atoms with Crippen LogP contribution in [0.5, 0.6) is 5.75 Å². The maximum atomic E-state index is 11.3. The van der Waals surface area contributed by atoms with Crippen LogP contribution in [0.4, 0.5) is 0 Å². The first-order valence-corrected chi connectivity index (χ1v) is 4.65. The molecule has 0 aliphatic heterocycles. The molecule has 0 bridgehead atoms. The Labute approximate surface area is 85.9 Å². The number of benzene rings is 1. The number of imidazole rings is 1. The van der Waals surface area contributed by atoms with Crippen LogP contribution in [0, 0.1) is 0 Å². The number of ether oxygens (including phenoxy) is 1. The van der Waals surface area contributed by atoms with Gasteiger partial charge < -0.3 is 14.8 Å². The standard InChI is InChI=1S/C10H12N2O3/c1-12-9-6-7(15-5-4-13)2-3-8(9)11-10(12)14/h2-3,6,13H,4-5H2,1H3,(H,11,14). The van der Waals surface area contributed by atoms with Crippen LogP contribution in [-0.2, 0) is 7.05 Å². The van der Waals surface area contributed by atoms with Crippen LogP contribution in [-0.4, -0.2) is 27.9 Å². The van der Waals surface area contributed by atoms with Crippen molar-refractivity contribution in [2.45, 2.75) is 0 Å². The molecular formula is C10H12N2O3. The predicted octanol–water partition coefficient (Wildman–Crippen LogP) is 0.238. The molecule has 2 N–H and O–H groups in total. The topological polar surface area (TPSA) is 67.2 Å². The van der Waals surface area contributed by atoms with E-state index in [4.69, 9.17) is 9.84 Å². The van der Waals surface area contributed by atoms with Gasteiger partial charge in [-0.3, -0.25) is 4.57 Å². The number of aromatic nitrogens is 2. The molecule has 15 heavy (non-hydrogen) atoms. The highest BCUT2D eigenvalue weighted by Gasteiger charge is 2.03. The van der Waals surface area contributed by atoms with Gasteiger partial charge in [0, 0.05) is 13.1 Å². The normalized spacial score (nSPS) is 10.8. The van der Waals surface area contributed by atoms with E-state index in [1.165, 1.54) is 4.57 Å². The van der Waals surface area contributed by atoms with E-state index in [9.17, 15) is 4.79 Å². The largest absolute Gasteiger partial charge is 0.491 e. The Morgan fingerprint density at radius 3 is 3.07 bits per heavy atom. The van der Waals surface area contributed by atoms with Crippen molar-refractivity contribution in [2.24, 2.45) is 7.05 Å². The molecule has 2 rings (SSSR count). The van der Waals surface area contributed by atoms with Crippen LogP contribution in [0.3, 0.4) is 0 Å². The van der Waals surface area contributed by atoms with Crippen molar-refractivity contribution in [1.29, 1.82) is 0 Å². The minimum absolute atomic E-state index is 0.0237. The number of H-pyrrole nitrogens is 1. The Bertz CT molecular complexity index is 527. The van der Waals surface area contributed by atoms with Gasteiger partial charge in [0.25, 0.3) is 0 Å². The van der Waals surface area contributed by atoms with Crippen molar-refractivity contribution in [3.63, 3.8) is 0 Å². The summed E-state index contributed by atoms with van der Waals surface area (Å²) in [5.41, 5.74) is 1.42. The molecule has 5 nitrogen and oxygen atoms in total. The molecule has 1 heterocycles. The van der Waals surface area contributed by atoms with Crippen LogP contribution in [0.2, 0.25) is 0 Å². The number of nitrogens with one attached hydrogen (secondary N) is 1. The Morgan fingerprint density at radius 1 is 1.53 bits per heavy atom. The molecule has 0 saturated heterocycles. The Balaban J connectivity index is 2.45. The lowest BCUT2D eigenvalue weighted by atomic mass is 10.3.